The number of amides is 1. The van der Waals surface area contributed by atoms with Crippen LogP contribution in [0.2, 0.25) is 0 Å². The van der Waals surface area contributed by atoms with Gasteiger partial charge in [0, 0.05) is 41.6 Å². The van der Waals surface area contributed by atoms with E-state index in [0.29, 0.717) is 19.4 Å². The third-order valence-corrected chi connectivity index (χ3v) is 9.23. The Labute approximate surface area is 226 Å². The minimum Gasteiger partial charge on any atom is -0.456 e. The maximum Gasteiger partial charge on any atom is 0.410 e. The summed E-state index contributed by atoms with van der Waals surface area (Å²) in [7, 11) is 0. The van der Waals surface area contributed by atoms with Gasteiger partial charge < -0.3 is 19.2 Å². The van der Waals surface area contributed by atoms with E-state index in [9.17, 15) is 9.90 Å². The Hall–Kier alpha value is -4.09. The summed E-state index contributed by atoms with van der Waals surface area (Å²) in [5.41, 5.74) is 6.45. The third-order valence-electron chi connectivity index (χ3n) is 9.23. The van der Waals surface area contributed by atoms with Crippen molar-refractivity contribution in [1.82, 2.24) is 4.90 Å². The molecule has 1 amide bonds. The van der Waals surface area contributed by atoms with Crippen LogP contribution in [0.3, 0.4) is 0 Å². The predicted octanol–water partition coefficient (Wildman–Crippen LogP) is 7.35. The second-order valence-electron chi connectivity index (χ2n) is 11.3. The van der Waals surface area contributed by atoms with E-state index in [1.54, 1.807) is 0 Å². The SMILES string of the molecule is O=C(OCC1c2ccccc2-c2ccccc21)N1C2CCC1CC(O)(c1ccc3oc4ccccc4c3c1)C2. The molecule has 0 spiro atoms. The summed E-state index contributed by atoms with van der Waals surface area (Å²) in [4.78, 5) is 15.4. The van der Waals surface area contributed by atoms with Crippen LogP contribution in [-0.4, -0.2) is 34.8 Å². The molecule has 1 aromatic heterocycles. The number of carbonyl (C=O) groups is 1. The van der Waals surface area contributed by atoms with Crippen molar-refractivity contribution in [2.45, 2.75) is 49.3 Å². The molecular formula is C34H29NO4. The Bertz CT molecular complexity index is 1690. The van der Waals surface area contributed by atoms with Crippen LogP contribution in [0.1, 0.15) is 48.3 Å². The Balaban J connectivity index is 1.03. The molecule has 2 atom stereocenters. The summed E-state index contributed by atoms with van der Waals surface area (Å²) in [6.45, 7) is 0.317. The highest BCUT2D eigenvalue weighted by atomic mass is 16.6. The van der Waals surface area contributed by atoms with Gasteiger partial charge in [0.15, 0.2) is 0 Å². The summed E-state index contributed by atoms with van der Waals surface area (Å²) in [6.07, 6.45) is 2.52. The lowest BCUT2D eigenvalue weighted by atomic mass is 9.80. The number of para-hydroxylation sites is 1. The summed E-state index contributed by atoms with van der Waals surface area (Å²) < 4.78 is 12.0. The van der Waals surface area contributed by atoms with Gasteiger partial charge >= 0.3 is 6.09 Å². The molecule has 0 saturated carbocycles. The van der Waals surface area contributed by atoms with Gasteiger partial charge in [-0.25, -0.2) is 4.79 Å². The molecule has 39 heavy (non-hydrogen) atoms. The van der Waals surface area contributed by atoms with Crippen LogP contribution < -0.4 is 0 Å². The number of hydrogen-bond donors (Lipinski definition) is 1. The van der Waals surface area contributed by atoms with Crippen molar-refractivity contribution in [2.75, 3.05) is 6.61 Å². The number of benzene rings is 4. The fourth-order valence-corrected chi connectivity index (χ4v) is 7.44. The van der Waals surface area contributed by atoms with E-state index < -0.39 is 5.60 Å². The molecule has 0 radical (unpaired) electrons. The first-order valence-electron chi connectivity index (χ1n) is 13.9. The van der Waals surface area contributed by atoms with Crippen LogP contribution in [0, 0.1) is 0 Å². The first-order chi connectivity index (χ1) is 19.1. The van der Waals surface area contributed by atoms with Gasteiger partial charge in [-0.1, -0.05) is 72.8 Å². The van der Waals surface area contributed by atoms with E-state index in [0.717, 1.165) is 40.3 Å². The second-order valence-corrected chi connectivity index (χ2v) is 11.3. The van der Waals surface area contributed by atoms with Gasteiger partial charge in [0.1, 0.15) is 17.8 Å². The molecule has 2 fully saturated rings. The minimum atomic E-state index is -0.988. The summed E-state index contributed by atoms with van der Waals surface area (Å²) in [5.74, 6) is 0.0391. The highest BCUT2D eigenvalue weighted by molar-refractivity contribution is 6.05. The summed E-state index contributed by atoms with van der Waals surface area (Å²) >= 11 is 0. The predicted molar refractivity (Wildman–Crippen MR) is 151 cm³/mol. The summed E-state index contributed by atoms with van der Waals surface area (Å²) in [6, 6.07) is 30.7. The van der Waals surface area contributed by atoms with Crippen molar-refractivity contribution in [1.29, 1.82) is 0 Å². The maximum atomic E-state index is 13.5. The molecule has 3 heterocycles. The Morgan fingerprint density at radius 3 is 2.15 bits per heavy atom. The number of aliphatic hydroxyl groups is 1. The Kier molecular flexibility index (Phi) is 4.95. The van der Waals surface area contributed by atoms with Gasteiger partial charge in [0.2, 0.25) is 0 Å². The zero-order chi connectivity index (χ0) is 26.1. The quantitative estimate of drug-likeness (QED) is 0.273. The Morgan fingerprint density at radius 1 is 0.821 bits per heavy atom. The molecule has 2 aliphatic heterocycles. The first kappa shape index (κ1) is 22.9. The van der Waals surface area contributed by atoms with Gasteiger partial charge in [-0.3, -0.25) is 0 Å². The van der Waals surface area contributed by atoms with Gasteiger partial charge in [-0.2, -0.15) is 0 Å². The fourth-order valence-electron chi connectivity index (χ4n) is 7.44. The standard InChI is InChI=1S/C34H29NO4/c36-33(38-20-30-26-9-3-1-7-24(26)25-8-2-4-10-27(25)30)35-22-14-15-23(35)19-34(37,18-22)21-13-16-32-29(17-21)28-11-5-6-12-31(28)39-32/h1-13,16-17,22-23,30,37H,14-15,18-20H2. The number of nitrogens with zero attached hydrogens (tertiary/aromatic N) is 1. The maximum absolute atomic E-state index is 13.5. The molecule has 2 bridgehead atoms. The highest BCUT2D eigenvalue weighted by Gasteiger charge is 2.51. The van der Waals surface area contributed by atoms with Crippen LogP contribution in [0.5, 0.6) is 0 Å². The second kappa shape index (κ2) is 8.45. The van der Waals surface area contributed by atoms with Crippen LogP contribution >= 0.6 is 0 Å². The zero-order valence-electron chi connectivity index (χ0n) is 21.5. The van der Waals surface area contributed by atoms with Crippen molar-refractivity contribution in [3.05, 3.63) is 108 Å². The van der Waals surface area contributed by atoms with Crippen molar-refractivity contribution in [3.63, 3.8) is 0 Å². The molecule has 3 aliphatic rings. The van der Waals surface area contributed by atoms with Gasteiger partial charge in [0.05, 0.1) is 5.60 Å². The van der Waals surface area contributed by atoms with E-state index in [1.165, 1.54) is 22.3 Å². The Morgan fingerprint density at radius 2 is 1.44 bits per heavy atom. The number of carbonyl (C=O) groups excluding carboxylic acids is 1. The monoisotopic (exact) mass is 515 g/mol. The highest BCUT2D eigenvalue weighted by Crippen LogP contribution is 2.48. The van der Waals surface area contributed by atoms with Crippen molar-refractivity contribution < 1.29 is 19.1 Å². The topological polar surface area (TPSA) is 62.9 Å². The van der Waals surface area contributed by atoms with E-state index in [4.69, 9.17) is 9.15 Å². The number of rotatable bonds is 3. The first-order valence-corrected chi connectivity index (χ1v) is 13.9. The molecule has 4 aromatic carbocycles. The van der Waals surface area contributed by atoms with E-state index in [-0.39, 0.29) is 24.1 Å². The fraction of sp³-hybridized carbons (Fsp3) is 0.265. The van der Waals surface area contributed by atoms with E-state index in [1.807, 2.05) is 35.2 Å². The lowest BCUT2D eigenvalue weighted by molar-refractivity contribution is -0.0530. The molecule has 8 rings (SSSR count). The molecule has 194 valence electrons. The average Bonchev–Trinajstić information content (AvgIpc) is 3.59. The molecular weight excluding hydrogens is 486 g/mol. The van der Waals surface area contributed by atoms with Crippen LogP contribution in [0.15, 0.2) is 95.4 Å². The van der Waals surface area contributed by atoms with Crippen molar-refractivity contribution in [2.24, 2.45) is 0 Å². The van der Waals surface area contributed by atoms with E-state index >= 15 is 0 Å². The van der Waals surface area contributed by atoms with E-state index in [2.05, 4.69) is 60.7 Å². The van der Waals surface area contributed by atoms with Crippen LogP contribution in [0.25, 0.3) is 33.1 Å². The lowest BCUT2D eigenvalue weighted by Crippen LogP contribution is -2.52. The number of furan rings is 1. The lowest BCUT2D eigenvalue weighted by Gasteiger charge is -2.43. The normalized spacial score (nSPS) is 23.8. The number of ether oxygens (including phenoxy) is 1. The number of fused-ring (bicyclic) bond motifs is 8. The largest absolute Gasteiger partial charge is 0.456 e. The summed E-state index contributed by atoms with van der Waals surface area (Å²) in [5, 5.41) is 14.0. The van der Waals surface area contributed by atoms with Crippen molar-refractivity contribution >= 4 is 28.0 Å². The molecule has 2 unspecified atom stereocenters. The minimum absolute atomic E-state index is 0.0391. The molecule has 5 heteroatoms. The number of piperidine rings is 1. The molecule has 1 N–H and O–H groups in total. The molecule has 5 aromatic rings. The molecule has 1 aliphatic carbocycles. The average molecular weight is 516 g/mol. The van der Waals surface area contributed by atoms with Crippen LogP contribution in [-0.2, 0) is 10.3 Å². The zero-order valence-corrected chi connectivity index (χ0v) is 21.5. The molecule has 2 saturated heterocycles. The van der Waals surface area contributed by atoms with Gasteiger partial charge in [0.25, 0.3) is 0 Å². The third kappa shape index (κ3) is 3.46. The van der Waals surface area contributed by atoms with Crippen molar-refractivity contribution in [3.8, 4) is 11.1 Å². The smallest absolute Gasteiger partial charge is 0.410 e. The molecule has 5 nitrogen and oxygen atoms in total. The van der Waals surface area contributed by atoms with Crippen LogP contribution in [0.4, 0.5) is 4.79 Å². The number of hydrogen-bond acceptors (Lipinski definition) is 4. The van der Waals surface area contributed by atoms with Gasteiger partial charge in [-0.05, 0) is 58.9 Å². The van der Waals surface area contributed by atoms with Gasteiger partial charge in [-0.15, -0.1) is 0 Å².